The molecule has 354 valence electrons. The summed E-state index contributed by atoms with van der Waals surface area (Å²) in [6, 6.07) is 19.0. The summed E-state index contributed by atoms with van der Waals surface area (Å²) in [5.74, 6) is 4.18. The molecule has 0 aromatic heterocycles. The number of anilines is 2. The Labute approximate surface area is 405 Å². The predicted molar refractivity (Wildman–Crippen MR) is 259 cm³/mol. The highest BCUT2D eigenvalue weighted by Crippen LogP contribution is 2.57. The first kappa shape index (κ1) is 47.1. The first-order chi connectivity index (χ1) is 32.6. The second kappa shape index (κ2) is 18.9. The molecule has 5 N–H and O–H groups in total. The minimum Gasteiger partial charge on any atom is -0.495 e. The van der Waals surface area contributed by atoms with Gasteiger partial charge >= 0.3 is 0 Å². The topological polar surface area (TPSA) is 158 Å². The zero-order chi connectivity index (χ0) is 48.1. The highest BCUT2D eigenvalue weighted by Gasteiger charge is 2.61. The maximum atomic E-state index is 16.3. The first-order valence-corrected chi connectivity index (χ1v) is 24.1. The average molecular weight is 962 g/mol. The number of hydrogen-bond donors (Lipinski definition) is 5. The molecule has 4 heterocycles. The Morgan fingerprint density at radius 3 is 2.56 bits per heavy atom. The summed E-state index contributed by atoms with van der Waals surface area (Å²) in [5.41, 5.74) is 3.89. The van der Waals surface area contributed by atoms with Crippen molar-refractivity contribution in [3.8, 4) is 17.6 Å². The molecule has 1 saturated carbocycles. The number of methoxy groups -OCH3 is 1. The Hall–Kier alpha value is -5.94. The number of hydrogen-bond acceptors (Lipinski definition) is 8. The fourth-order valence-corrected chi connectivity index (χ4v) is 11.6. The lowest BCUT2D eigenvalue weighted by atomic mass is 9.63. The third-order valence-corrected chi connectivity index (χ3v) is 15.0. The summed E-state index contributed by atoms with van der Waals surface area (Å²) in [6.45, 7) is 7.49. The van der Waals surface area contributed by atoms with Crippen molar-refractivity contribution >= 4 is 64.1 Å². The van der Waals surface area contributed by atoms with Gasteiger partial charge in [0.25, 0.3) is 11.8 Å². The lowest BCUT2D eigenvalue weighted by molar-refractivity contribution is -0.137. The molecule has 7 atom stereocenters. The van der Waals surface area contributed by atoms with Gasteiger partial charge in [0, 0.05) is 76.7 Å². The number of imide groups is 1. The molecule has 4 aliphatic heterocycles. The number of nitrogens with zero attached hydrogens (tertiary/aromatic N) is 1. The van der Waals surface area contributed by atoms with Crippen molar-refractivity contribution in [3.05, 3.63) is 122 Å². The van der Waals surface area contributed by atoms with Gasteiger partial charge < -0.3 is 30.9 Å². The number of piperidine rings is 1. The maximum absolute atomic E-state index is 16.3. The van der Waals surface area contributed by atoms with E-state index in [-0.39, 0.29) is 71.2 Å². The van der Waals surface area contributed by atoms with Crippen molar-refractivity contribution in [1.29, 1.82) is 0 Å². The van der Waals surface area contributed by atoms with Gasteiger partial charge in [-0.25, -0.2) is 4.39 Å². The van der Waals surface area contributed by atoms with E-state index in [1.807, 2.05) is 24.3 Å². The van der Waals surface area contributed by atoms with Gasteiger partial charge in [0.15, 0.2) is 0 Å². The number of nitrogens with one attached hydrogen (secondary N) is 5. The van der Waals surface area contributed by atoms with E-state index < -0.39 is 41.0 Å². The number of halogens is 3. The zero-order valence-corrected chi connectivity index (χ0v) is 40.0. The van der Waals surface area contributed by atoms with Gasteiger partial charge in [0.2, 0.25) is 17.7 Å². The van der Waals surface area contributed by atoms with Gasteiger partial charge in [-0.3, -0.25) is 29.3 Å². The van der Waals surface area contributed by atoms with Gasteiger partial charge in [-0.2, -0.15) is 0 Å². The van der Waals surface area contributed by atoms with Crippen molar-refractivity contribution < 1.29 is 33.1 Å². The number of carbonyl (C=O) groups is 5. The van der Waals surface area contributed by atoms with E-state index in [2.05, 4.69) is 59.2 Å². The normalized spacial score (nSPS) is 25.2. The first-order valence-electron chi connectivity index (χ1n) is 23.4. The van der Waals surface area contributed by atoms with Crippen LogP contribution in [0.1, 0.15) is 115 Å². The third-order valence-electron chi connectivity index (χ3n) is 14.5. The molecular weight excluding hydrogens is 907 g/mol. The number of carbonyl (C=O) groups excluding carboxylic acids is 5. The summed E-state index contributed by atoms with van der Waals surface area (Å²) in [7, 11) is 1.47. The van der Waals surface area contributed by atoms with E-state index in [1.165, 1.54) is 18.1 Å². The molecule has 0 radical (unpaired) electrons. The van der Waals surface area contributed by atoms with Crippen LogP contribution in [0.4, 0.5) is 15.8 Å². The number of fused-ring (bicyclic) bond motifs is 3. The zero-order valence-electron chi connectivity index (χ0n) is 38.5. The van der Waals surface area contributed by atoms with Crippen molar-refractivity contribution in [2.75, 3.05) is 30.8 Å². The molecule has 2 saturated heterocycles. The Bertz CT molecular complexity index is 2780. The molecule has 9 rings (SSSR count). The van der Waals surface area contributed by atoms with Crippen LogP contribution >= 0.6 is 23.2 Å². The summed E-state index contributed by atoms with van der Waals surface area (Å²) < 4.78 is 22.1. The van der Waals surface area contributed by atoms with Gasteiger partial charge in [-0.1, -0.05) is 92.9 Å². The van der Waals surface area contributed by atoms with Crippen LogP contribution in [0.2, 0.25) is 10.0 Å². The van der Waals surface area contributed by atoms with Gasteiger partial charge in [-0.05, 0) is 102 Å². The van der Waals surface area contributed by atoms with E-state index >= 15 is 4.39 Å². The quantitative estimate of drug-likeness (QED) is 0.0828. The molecule has 4 aromatic carbocycles. The highest BCUT2D eigenvalue weighted by atomic mass is 35.5. The smallest absolute Gasteiger partial charge is 0.255 e. The summed E-state index contributed by atoms with van der Waals surface area (Å²) in [5, 5.41) is 16.3. The van der Waals surface area contributed by atoms with E-state index in [4.69, 9.17) is 27.9 Å². The lowest BCUT2D eigenvalue weighted by Gasteiger charge is -2.39. The summed E-state index contributed by atoms with van der Waals surface area (Å²) >= 11 is 12.9. The minimum absolute atomic E-state index is 0.00258. The van der Waals surface area contributed by atoms with Crippen LogP contribution in [-0.2, 0) is 26.3 Å². The standard InChI is InChI=1S/C53H55Cl2FN6O6/c1-52(2,3)25-43-53(28-58-40-24-33(54)18-19-37(40)53)45(35-13-8-14-38(55)46(35)56)47(60-43)50(66)59-39-20-17-31(23-42(39)68-4)48(64)57-26-32-10-6-5-9-29(32)15-16-30-11-7-12-34-36(30)27-62(51(34)67)41-21-22-44(63)61-49(41)65/h7-8,11-14,17-20,23-24,29,32,41,43,45,47,58,60H,5-6,9-10,21-22,25-28H2,1-4H3,(H,57,64)(H,59,66)(H,61,63,65)/t29-,32+,41?,43-,45-,47+,53-/m0/s1. The van der Waals surface area contributed by atoms with Crippen molar-refractivity contribution in [3.63, 3.8) is 0 Å². The predicted octanol–water partition coefficient (Wildman–Crippen LogP) is 8.35. The van der Waals surface area contributed by atoms with Crippen molar-refractivity contribution in [1.82, 2.24) is 20.9 Å². The molecule has 0 bridgehead atoms. The largest absolute Gasteiger partial charge is 0.495 e. The molecule has 4 aromatic rings. The molecule has 15 heteroatoms. The number of amides is 5. The van der Waals surface area contributed by atoms with E-state index in [1.54, 1.807) is 42.5 Å². The molecule has 5 aliphatic rings. The van der Waals surface area contributed by atoms with Crippen LogP contribution in [0, 0.1) is 34.9 Å². The Kier molecular flexibility index (Phi) is 13.1. The minimum atomic E-state index is -0.907. The van der Waals surface area contributed by atoms with E-state index in [0.717, 1.165) is 48.1 Å². The van der Waals surface area contributed by atoms with Crippen LogP contribution in [0.3, 0.4) is 0 Å². The fourth-order valence-electron chi connectivity index (χ4n) is 11.3. The second-order valence-electron chi connectivity index (χ2n) is 19.9. The monoisotopic (exact) mass is 960 g/mol. The molecule has 1 spiro atoms. The fraction of sp³-hybridized carbons (Fsp3) is 0.415. The maximum Gasteiger partial charge on any atom is 0.255 e. The third kappa shape index (κ3) is 8.94. The second-order valence-corrected chi connectivity index (χ2v) is 20.8. The Morgan fingerprint density at radius 2 is 1.78 bits per heavy atom. The van der Waals surface area contributed by atoms with Crippen LogP contribution in [0.25, 0.3) is 0 Å². The molecule has 3 fully saturated rings. The molecule has 12 nitrogen and oxygen atoms in total. The van der Waals surface area contributed by atoms with Crippen LogP contribution in [0.15, 0.2) is 72.8 Å². The van der Waals surface area contributed by atoms with Crippen LogP contribution in [0.5, 0.6) is 5.75 Å². The van der Waals surface area contributed by atoms with Crippen LogP contribution < -0.4 is 31.3 Å². The van der Waals surface area contributed by atoms with Gasteiger partial charge in [0.05, 0.1) is 23.9 Å². The molecule has 1 aliphatic carbocycles. The molecule has 5 amide bonds. The van der Waals surface area contributed by atoms with Gasteiger partial charge in [0.1, 0.15) is 17.6 Å². The van der Waals surface area contributed by atoms with Gasteiger partial charge in [-0.15, -0.1) is 0 Å². The van der Waals surface area contributed by atoms with E-state index in [0.29, 0.717) is 46.9 Å². The van der Waals surface area contributed by atoms with Crippen molar-refractivity contribution in [2.24, 2.45) is 17.3 Å². The summed E-state index contributed by atoms with van der Waals surface area (Å²) in [6.07, 6.45) is 4.89. The lowest BCUT2D eigenvalue weighted by Crippen LogP contribution is -2.52. The van der Waals surface area contributed by atoms with Crippen LogP contribution in [-0.4, -0.2) is 72.8 Å². The molecule has 68 heavy (non-hydrogen) atoms. The van der Waals surface area contributed by atoms with Crippen molar-refractivity contribution in [2.45, 2.75) is 102 Å². The average Bonchev–Trinajstić information content (AvgIpc) is 3.96. The number of rotatable bonds is 9. The molecular formula is C53H55Cl2FN6O6. The Morgan fingerprint density at radius 1 is 0.985 bits per heavy atom. The number of ether oxygens (including phenoxy) is 1. The number of benzene rings is 4. The highest BCUT2D eigenvalue weighted by molar-refractivity contribution is 6.31. The Balaban J connectivity index is 0.912. The van der Waals surface area contributed by atoms with E-state index in [9.17, 15) is 24.0 Å². The summed E-state index contributed by atoms with van der Waals surface area (Å²) in [4.78, 5) is 67.9. The SMILES string of the molecule is COc1cc(C(=O)NC[C@H]2CCCC[C@H]2C#Cc2cccc3c2CN(C2CCC(=O)NC2=O)C3=O)ccc1NC(=O)[C@@H]1N[C@@H](CC(C)(C)C)[C@@]2(CNc3cc(Cl)ccc32)[C@H]1c1cccc(Cl)c1F. The molecule has 1 unspecified atom stereocenters.